The minimum Gasteiger partial charge on any atom is -0.497 e. The molecule has 0 aliphatic carbocycles. The molecular weight excluding hydrogens is 332 g/mol. The van der Waals surface area contributed by atoms with Crippen LogP contribution in [-0.4, -0.2) is 34.9 Å². The van der Waals surface area contributed by atoms with Gasteiger partial charge in [-0.05, 0) is 24.3 Å². The number of pyridine rings is 1. The van der Waals surface area contributed by atoms with Crippen LogP contribution in [0, 0.1) is 0 Å². The molecule has 2 N–H and O–H groups in total. The smallest absolute Gasteiger partial charge is 0.292 e. The fourth-order valence-corrected chi connectivity index (χ4v) is 2.50. The van der Waals surface area contributed by atoms with Crippen LogP contribution in [0.5, 0.6) is 5.75 Å². The summed E-state index contributed by atoms with van der Waals surface area (Å²) in [5.74, 6) is -0.0521. The van der Waals surface area contributed by atoms with Gasteiger partial charge < -0.3 is 15.4 Å². The molecule has 132 valence electrons. The second kappa shape index (κ2) is 7.52. The predicted octanol–water partition coefficient (Wildman–Crippen LogP) is 2.51. The zero-order valence-corrected chi connectivity index (χ0v) is 14.2. The largest absolute Gasteiger partial charge is 0.497 e. The molecule has 3 rings (SSSR count). The maximum Gasteiger partial charge on any atom is 0.292 e. The number of anilines is 1. The first-order valence-corrected chi connectivity index (χ1v) is 7.95. The molecule has 2 amide bonds. The van der Waals surface area contributed by atoms with Crippen molar-refractivity contribution in [3.8, 4) is 5.75 Å². The topological polar surface area (TPSA) is 84.7 Å². The van der Waals surface area contributed by atoms with Crippen molar-refractivity contribution < 1.29 is 14.3 Å². The van der Waals surface area contributed by atoms with Gasteiger partial charge in [0.25, 0.3) is 11.8 Å². The van der Waals surface area contributed by atoms with Gasteiger partial charge in [0.15, 0.2) is 5.69 Å². The third-order valence-corrected chi connectivity index (χ3v) is 3.70. The Hall–Kier alpha value is -3.61. The average molecular weight is 350 g/mol. The molecule has 0 atom stereocenters. The summed E-state index contributed by atoms with van der Waals surface area (Å²) in [5, 5.41) is 5.45. The summed E-state index contributed by atoms with van der Waals surface area (Å²) in [6, 6.07) is 12.3. The highest BCUT2D eigenvalue weighted by Gasteiger charge is 2.21. The molecule has 0 unspecified atom stereocenters. The summed E-state index contributed by atoms with van der Waals surface area (Å²) in [5.41, 5.74) is 1.30. The van der Waals surface area contributed by atoms with Crippen LogP contribution in [0.3, 0.4) is 0 Å². The molecule has 1 aromatic carbocycles. The van der Waals surface area contributed by atoms with E-state index in [9.17, 15) is 9.59 Å². The van der Waals surface area contributed by atoms with Crippen molar-refractivity contribution in [3.05, 3.63) is 72.8 Å². The maximum atomic E-state index is 12.7. The van der Waals surface area contributed by atoms with Gasteiger partial charge in [0.05, 0.1) is 12.6 Å². The Labute approximate surface area is 150 Å². The lowest BCUT2D eigenvalue weighted by atomic mass is 10.3. The van der Waals surface area contributed by atoms with Crippen molar-refractivity contribution >= 4 is 23.0 Å². The van der Waals surface area contributed by atoms with E-state index in [1.807, 2.05) is 0 Å². The summed E-state index contributed by atoms with van der Waals surface area (Å²) >= 11 is 0. The number of nitrogens with zero attached hydrogens (tertiary/aromatic N) is 2. The van der Waals surface area contributed by atoms with E-state index in [1.165, 1.54) is 0 Å². The Kier molecular flexibility index (Phi) is 4.98. The Bertz CT molecular complexity index is 978. The van der Waals surface area contributed by atoms with Gasteiger partial charge in [0.1, 0.15) is 5.75 Å². The third-order valence-electron chi connectivity index (χ3n) is 3.70. The second-order valence-electron chi connectivity index (χ2n) is 5.42. The molecule has 2 heterocycles. The number of imidazole rings is 1. The lowest BCUT2D eigenvalue weighted by Crippen LogP contribution is -2.24. The van der Waals surface area contributed by atoms with Gasteiger partial charge in [-0.2, -0.15) is 0 Å². The average Bonchev–Trinajstić information content (AvgIpc) is 3.06. The molecule has 0 saturated heterocycles. The summed E-state index contributed by atoms with van der Waals surface area (Å²) in [6.07, 6.45) is 3.26. The molecule has 7 heteroatoms. The van der Waals surface area contributed by atoms with E-state index >= 15 is 0 Å². The number of benzene rings is 1. The van der Waals surface area contributed by atoms with Crippen LogP contribution in [0.25, 0.3) is 5.52 Å². The highest BCUT2D eigenvalue weighted by Crippen LogP contribution is 2.19. The van der Waals surface area contributed by atoms with Crippen LogP contribution in [0.15, 0.2) is 61.3 Å². The SMILES string of the molecule is C=CCNC(=O)c1nc(C(=O)Nc2cccc(OC)c2)n2ccccc12. The van der Waals surface area contributed by atoms with E-state index in [0.717, 1.165) is 0 Å². The number of ether oxygens (including phenoxy) is 1. The van der Waals surface area contributed by atoms with Crippen molar-refractivity contribution in [2.45, 2.75) is 0 Å². The third kappa shape index (κ3) is 3.41. The van der Waals surface area contributed by atoms with Crippen LogP contribution >= 0.6 is 0 Å². The number of hydrogen-bond acceptors (Lipinski definition) is 4. The first-order valence-electron chi connectivity index (χ1n) is 7.95. The van der Waals surface area contributed by atoms with Crippen LogP contribution in [-0.2, 0) is 0 Å². The second-order valence-corrected chi connectivity index (χ2v) is 5.42. The van der Waals surface area contributed by atoms with Crippen molar-refractivity contribution in [2.75, 3.05) is 19.0 Å². The Morgan fingerprint density at radius 1 is 1.23 bits per heavy atom. The number of methoxy groups -OCH3 is 1. The van der Waals surface area contributed by atoms with Crippen molar-refractivity contribution in [1.82, 2.24) is 14.7 Å². The predicted molar refractivity (Wildman–Crippen MR) is 98.7 cm³/mol. The lowest BCUT2D eigenvalue weighted by molar-refractivity contribution is 0.0955. The summed E-state index contributed by atoms with van der Waals surface area (Å²) in [7, 11) is 1.55. The summed E-state index contributed by atoms with van der Waals surface area (Å²) in [4.78, 5) is 29.3. The number of rotatable bonds is 6. The molecule has 0 saturated carbocycles. The Morgan fingerprint density at radius 3 is 2.85 bits per heavy atom. The van der Waals surface area contributed by atoms with Gasteiger partial charge in [0, 0.05) is 24.5 Å². The van der Waals surface area contributed by atoms with Gasteiger partial charge in [-0.3, -0.25) is 14.0 Å². The number of carbonyl (C=O) groups excluding carboxylic acids is 2. The van der Waals surface area contributed by atoms with Gasteiger partial charge in [-0.25, -0.2) is 4.98 Å². The van der Waals surface area contributed by atoms with Crippen LogP contribution in [0.1, 0.15) is 21.1 Å². The zero-order chi connectivity index (χ0) is 18.5. The van der Waals surface area contributed by atoms with E-state index in [-0.39, 0.29) is 17.4 Å². The van der Waals surface area contributed by atoms with Crippen molar-refractivity contribution in [2.24, 2.45) is 0 Å². The molecule has 0 aliphatic heterocycles. The first kappa shape index (κ1) is 17.2. The molecule has 26 heavy (non-hydrogen) atoms. The number of aromatic nitrogens is 2. The maximum absolute atomic E-state index is 12.7. The summed E-state index contributed by atoms with van der Waals surface area (Å²) < 4.78 is 6.73. The summed E-state index contributed by atoms with van der Waals surface area (Å²) in [6.45, 7) is 3.88. The molecule has 0 bridgehead atoms. The number of fused-ring (bicyclic) bond motifs is 1. The quantitative estimate of drug-likeness (QED) is 0.669. The lowest BCUT2D eigenvalue weighted by Gasteiger charge is -2.06. The fraction of sp³-hybridized carbons (Fsp3) is 0.105. The van der Waals surface area contributed by atoms with Crippen LogP contribution < -0.4 is 15.4 Å². The van der Waals surface area contributed by atoms with Gasteiger partial charge >= 0.3 is 0 Å². The van der Waals surface area contributed by atoms with Crippen LogP contribution in [0.2, 0.25) is 0 Å². The molecule has 0 radical (unpaired) electrons. The molecule has 0 spiro atoms. The number of hydrogen-bond donors (Lipinski definition) is 2. The molecule has 7 nitrogen and oxygen atoms in total. The first-order chi connectivity index (χ1) is 12.6. The van der Waals surface area contributed by atoms with E-state index in [2.05, 4.69) is 22.2 Å². The minimum absolute atomic E-state index is 0.118. The highest BCUT2D eigenvalue weighted by molar-refractivity contribution is 6.06. The molecule has 0 fully saturated rings. The highest BCUT2D eigenvalue weighted by atomic mass is 16.5. The molecule has 0 aliphatic rings. The van der Waals surface area contributed by atoms with E-state index in [4.69, 9.17) is 4.74 Å². The fourth-order valence-electron chi connectivity index (χ4n) is 2.50. The molecule has 3 aromatic rings. The van der Waals surface area contributed by atoms with E-state index in [1.54, 1.807) is 66.2 Å². The Morgan fingerprint density at radius 2 is 2.08 bits per heavy atom. The van der Waals surface area contributed by atoms with Gasteiger partial charge in [-0.15, -0.1) is 6.58 Å². The standard InChI is InChI=1S/C19H18N4O3/c1-3-10-20-18(24)16-15-9-4-5-11-23(15)17(22-16)19(25)21-13-7-6-8-14(12-13)26-2/h3-9,11-12H,1,10H2,2H3,(H,20,24)(H,21,25). The minimum atomic E-state index is -0.428. The molecule has 2 aromatic heterocycles. The number of carbonyl (C=O) groups is 2. The van der Waals surface area contributed by atoms with Crippen LogP contribution in [0.4, 0.5) is 5.69 Å². The zero-order valence-electron chi connectivity index (χ0n) is 14.2. The molecular formula is C19H18N4O3. The number of amides is 2. The van der Waals surface area contributed by atoms with Gasteiger partial charge in [0.2, 0.25) is 5.82 Å². The normalized spacial score (nSPS) is 10.3. The van der Waals surface area contributed by atoms with Gasteiger partial charge in [-0.1, -0.05) is 18.2 Å². The Balaban J connectivity index is 1.95. The van der Waals surface area contributed by atoms with Crippen molar-refractivity contribution in [3.63, 3.8) is 0 Å². The van der Waals surface area contributed by atoms with E-state index < -0.39 is 5.91 Å². The monoisotopic (exact) mass is 350 g/mol. The van der Waals surface area contributed by atoms with E-state index in [0.29, 0.717) is 23.5 Å². The number of nitrogens with one attached hydrogen (secondary N) is 2. The van der Waals surface area contributed by atoms with Crippen molar-refractivity contribution in [1.29, 1.82) is 0 Å².